The molecule has 0 aliphatic heterocycles. The van der Waals surface area contributed by atoms with Gasteiger partial charge in [0.05, 0.1) is 12.1 Å². The van der Waals surface area contributed by atoms with Crippen molar-refractivity contribution in [1.29, 1.82) is 0 Å². The predicted molar refractivity (Wildman–Crippen MR) is 56.3 cm³/mol. The van der Waals surface area contributed by atoms with Gasteiger partial charge >= 0.3 is 0 Å². The summed E-state index contributed by atoms with van der Waals surface area (Å²) >= 11 is 0. The molecule has 5 heteroatoms. The molecule has 1 rings (SSSR count). The first-order valence-corrected chi connectivity index (χ1v) is 4.64. The van der Waals surface area contributed by atoms with Crippen LogP contribution in [0.5, 0.6) is 0 Å². The largest absolute Gasteiger partial charge is 0.363 e. The molecule has 0 spiro atoms. The van der Waals surface area contributed by atoms with Crippen LogP contribution in [-0.2, 0) is 11.3 Å². The molecule has 1 aromatic heterocycles. The number of hydrogen-bond donors (Lipinski definition) is 2. The predicted octanol–water partition coefficient (Wildman–Crippen LogP) is 0.353. The van der Waals surface area contributed by atoms with Gasteiger partial charge in [0.1, 0.15) is 0 Å². The molecule has 2 amide bonds. The van der Waals surface area contributed by atoms with E-state index >= 15 is 0 Å². The van der Waals surface area contributed by atoms with Crippen molar-refractivity contribution in [3.8, 4) is 0 Å². The summed E-state index contributed by atoms with van der Waals surface area (Å²) in [6.07, 6.45) is 1.69. The highest BCUT2D eigenvalue weighted by atomic mass is 16.2. The molecule has 0 saturated heterocycles. The number of aromatic amines is 1. The maximum Gasteiger partial charge on any atom is 0.255 e. The Bertz CT molecular complexity index is 368. The fourth-order valence-corrected chi connectivity index (χ4v) is 1.20. The van der Waals surface area contributed by atoms with Gasteiger partial charge in [-0.2, -0.15) is 0 Å². The Labute approximate surface area is 88.5 Å². The zero-order chi connectivity index (χ0) is 11.4. The van der Waals surface area contributed by atoms with Crippen LogP contribution in [0.1, 0.15) is 23.0 Å². The summed E-state index contributed by atoms with van der Waals surface area (Å²) < 4.78 is 0. The number of carbonyl (C=O) groups is 2. The molecule has 15 heavy (non-hydrogen) atoms. The van der Waals surface area contributed by atoms with E-state index < -0.39 is 0 Å². The Balaban J connectivity index is 2.77. The summed E-state index contributed by atoms with van der Waals surface area (Å²) in [7, 11) is 3.38. The van der Waals surface area contributed by atoms with Crippen LogP contribution in [0.3, 0.4) is 0 Å². The SMILES string of the molecule is CC(=O)NCc1[nH]ccc1C(=O)N(C)C. The molecule has 1 heterocycles. The highest BCUT2D eigenvalue weighted by molar-refractivity contribution is 5.95. The van der Waals surface area contributed by atoms with Gasteiger partial charge in [0.15, 0.2) is 0 Å². The van der Waals surface area contributed by atoms with E-state index in [1.54, 1.807) is 26.4 Å². The van der Waals surface area contributed by atoms with Crippen molar-refractivity contribution in [3.05, 3.63) is 23.5 Å². The summed E-state index contributed by atoms with van der Waals surface area (Å²) in [5.74, 6) is -0.190. The maximum absolute atomic E-state index is 11.7. The number of carbonyl (C=O) groups excluding carboxylic acids is 2. The standard InChI is InChI=1S/C10H15N3O2/c1-7(14)12-6-9-8(4-5-11-9)10(15)13(2)3/h4-5,11H,6H2,1-3H3,(H,12,14). The maximum atomic E-state index is 11.7. The summed E-state index contributed by atoms with van der Waals surface area (Å²) in [6, 6.07) is 1.71. The number of amides is 2. The van der Waals surface area contributed by atoms with Gasteiger partial charge in [-0.25, -0.2) is 0 Å². The molecule has 0 bridgehead atoms. The summed E-state index contributed by atoms with van der Waals surface area (Å²) in [5, 5.41) is 2.64. The topological polar surface area (TPSA) is 65.2 Å². The van der Waals surface area contributed by atoms with Crippen LogP contribution >= 0.6 is 0 Å². The van der Waals surface area contributed by atoms with E-state index in [1.165, 1.54) is 11.8 Å². The second-order valence-corrected chi connectivity index (χ2v) is 3.48. The normalized spacial score (nSPS) is 9.80. The molecule has 0 aliphatic rings. The Morgan fingerprint density at radius 1 is 1.47 bits per heavy atom. The molecule has 0 aliphatic carbocycles. The number of H-pyrrole nitrogens is 1. The van der Waals surface area contributed by atoms with E-state index in [1.807, 2.05) is 0 Å². The lowest BCUT2D eigenvalue weighted by atomic mass is 10.2. The summed E-state index contributed by atoms with van der Waals surface area (Å²) in [5.41, 5.74) is 1.32. The Kier molecular flexibility index (Phi) is 3.49. The van der Waals surface area contributed by atoms with Crippen LogP contribution in [0.25, 0.3) is 0 Å². The first-order valence-electron chi connectivity index (χ1n) is 4.64. The molecule has 2 N–H and O–H groups in total. The smallest absolute Gasteiger partial charge is 0.255 e. The number of nitrogens with zero attached hydrogens (tertiary/aromatic N) is 1. The molecule has 1 aromatic rings. The van der Waals surface area contributed by atoms with Gasteiger partial charge < -0.3 is 15.2 Å². The van der Waals surface area contributed by atoms with Gasteiger partial charge in [0, 0.05) is 32.9 Å². The number of nitrogens with one attached hydrogen (secondary N) is 2. The van der Waals surface area contributed by atoms with E-state index in [2.05, 4.69) is 10.3 Å². The van der Waals surface area contributed by atoms with Crippen LogP contribution in [-0.4, -0.2) is 35.8 Å². The van der Waals surface area contributed by atoms with Gasteiger partial charge in [0.25, 0.3) is 5.91 Å². The monoisotopic (exact) mass is 209 g/mol. The van der Waals surface area contributed by atoms with Gasteiger partial charge in [-0.05, 0) is 6.07 Å². The highest BCUT2D eigenvalue weighted by Gasteiger charge is 2.13. The van der Waals surface area contributed by atoms with Crippen molar-refractivity contribution in [2.24, 2.45) is 0 Å². The molecule has 5 nitrogen and oxygen atoms in total. The first kappa shape index (κ1) is 11.3. The molecule has 0 saturated carbocycles. The third-order valence-electron chi connectivity index (χ3n) is 1.98. The van der Waals surface area contributed by atoms with Crippen LogP contribution in [0.15, 0.2) is 12.3 Å². The van der Waals surface area contributed by atoms with E-state index in [4.69, 9.17) is 0 Å². The summed E-state index contributed by atoms with van der Waals surface area (Å²) in [6.45, 7) is 1.79. The van der Waals surface area contributed by atoms with Gasteiger partial charge in [-0.15, -0.1) is 0 Å². The van der Waals surface area contributed by atoms with Crippen LogP contribution in [0.4, 0.5) is 0 Å². The van der Waals surface area contributed by atoms with Crippen molar-refractivity contribution >= 4 is 11.8 Å². The third-order valence-corrected chi connectivity index (χ3v) is 1.98. The lowest BCUT2D eigenvalue weighted by molar-refractivity contribution is -0.119. The van der Waals surface area contributed by atoms with Crippen molar-refractivity contribution in [2.75, 3.05) is 14.1 Å². The Morgan fingerprint density at radius 3 is 2.67 bits per heavy atom. The fraction of sp³-hybridized carbons (Fsp3) is 0.400. The zero-order valence-electron chi connectivity index (χ0n) is 9.13. The van der Waals surface area contributed by atoms with E-state index in [-0.39, 0.29) is 11.8 Å². The van der Waals surface area contributed by atoms with Gasteiger partial charge in [0.2, 0.25) is 5.91 Å². The molecular weight excluding hydrogens is 194 g/mol. The lowest BCUT2D eigenvalue weighted by Crippen LogP contribution is -2.25. The lowest BCUT2D eigenvalue weighted by Gasteiger charge is -2.10. The second-order valence-electron chi connectivity index (χ2n) is 3.48. The second kappa shape index (κ2) is 4.63. The number of hydrogen-bond acceptors (Lipinski definition) is 2. The molecule has 82 valence electrons. The summed E-state index contributed by atoms with van der Waals surface area (Å²) in [4.78, 5) is 26.8. The van der Waals surface area contributed by atoms with E-state index in [0.29, 0.717) is 12.1 Å². The zero-order valence-corrected chi connectivity index (χ0v) is 9.13. The number of aromatic nitrogens is 1. The van der Waals surface area contributed by atoms with Crippen molar-refractivity contribution in [1.82, 2.24) is 15.2 Å². The Morgan fingerprint density at radius 2 is 2.13 bits per heavy atom. The minimum absolute atomic E-state index is 0.0726. The van der Waals surface area contributed by atoms with E-state index in [9.17, 15) is 9.59 Å². The fourth-order valence-electron chi connectivity index (χ4n) is 1.20. The van der Waals surface area contributed by atoms with Crippen LogP contribution in [0.2, 0.25) is 0 Å². The minimum atomic E-state index is -0.118. The van der Waals surface area contributed by atoms with Crippen LogP contribution < -0.4 is 5.32 Å². The van der Waals surface area contributed by atoms with Gasteiger partial charge in [-0.3, -0.25) is 9.59 Å². The van der Waals surface area contributed by atoms with Crippen molar-refractivity contribution in [2.45, 2.75) is 13.5 Å². The number of rotatable bonds is 3. The molecule has 0 aromatic carbocycles. The minimum Gasteiger partial charge on any atom is -0.363 e. The third kappa shape index (κ3) is 2.83. The van der Waals surface area contributed by atoms with E-state index in [0.717, 1.165) is 5.69 Å². The first-order chi connectivity index (χ1) is 7.02. The van der Waals surface area contributed by atoms with Gasteiger partial charge in [-0.1, -0.05) is 0 Å². The highest BCUT2D eigenvalue weighted by Crippen LogP contribution is 2.08. The van der Waals surface area contributed by atoms with Crippen LogP contribution in [0, 0.1) is 0 Å². The Hall–Kier alpha value is -1.78. The quantitative estimate of drug-likeness (QED) is 0.754. The van der Waals surface area contributed by atoms with Crippen molar-refractivity contribution in [3.63, 3.8) is 0 Å². The average molecular weight is 209 g/mol. The average Bonchev–Trinajstić information content (AvgIpc) is 2.60. The molecule has 0 radical (unpaired) electrons. The molecule has 0 unspecified atom stereocenters. The molecule has 0 atom stereocenters. The van der Waals surface area contributed by atoms with Crippen molar-refractivity contribution < 1.29 is 9.59 Å². The molecular formula is C10H15N3O2. The molecule has 0 fully saturated rings.